The van der Waals surface area contributed by atoms with E-state index in [1.165, 1.54) is 17.4 Å². The second kappa shape index (κ2) is 10.3. The molecule has 0 bridgehead atoms. The molecule has 1 N–H and O–H groups in total. The maximum Gasteiger partial charge on any atom is 0.230 e. The molecular weight excluding hydrogens is 386 g/mol. The van der Waals surface area contributed by atoms with Gasteiger partial charge in [-0.15, -0.1) is 0 Å². The molecule has 1 fully saturated rings. The molecule has 7 nitrogen and oxygen atoms in total. The van der Waals surface area contributed by atoms with E-state index in [1.54, 1.807) is 13.4 Å². The molecule has 0 aliphatic carbocycles. The normalized spacial score (nSPS) is 15.1. The highest BCUT2D eigenvalue weighted by Crippen LogP contribution is 2.24. The summed E-state index contributed by atoms with van der Waals surface area (Å²) in [4.78, 5) is 25.4. The summed E-state index contributed by atoms with van der Waals surface area (Å²) < 4.78 is 5.33. The summed E-state index contributed by atoms with van der Waals surface area (Å²) in [7, 11) is 1.69. The summed E-state index contributed by atoms with van der Waals surface area (Å²) in [6.45, 7) is 7.66. The minimum Gasteiger partial charge on any atom is -0.497 e. The number of benzene rings is 1. The van der Waals surface area contributed by atoms with E-state index < -0.39 is 0 Å². The average molecular weight is 416 g/mol. The van der Waals surface area contributed by atoms with E-state index in [4.69, 9.17) is 4.74 Å². The average Bonchev–Trinajstić information content (AvgIpc) is 2.78. The number of piperazine rings is 1. The van der Waals surface area contributed by atoms with Crippen LogP contribution in [0.1, 0.15) is 20.3 Å². The van der Waals surface area contributed by atoms with Crippen molar-refractivity contribution in [3.05, 3.63) is 36.7 Å². The van der Waals surface area contributed by atoms with Crippen molar-refractivity contribution in [2.45, 2.75) is 31.3 Å². The Hall–Kier alpha value is -2.48. The van der Waals surface area contributed by atoms with Gasteiger partial charge < -0.3 is 19.9 Å². The zero-order chi connectivity index (χ0) is 20.6. The van der Waals surface area contributed by atoms with Gasteiger partial charge in [0.05, 0.1) is 12.9 Å². The highest BCUT2D eigenvalue weighted by Gasteiger charge is 2.19. The van der Waals surface area contributed by atoms with Crippen molar-refractivity contribution < 1.29 is 9.53 Å². The SMILES string of the molecule is CC[C@@H](C)NC(=O)CSc1cc(N2CCN(c3cccc(OC)c3)CC2)ncn1. The molecule has 1 aliphatic heterocycles. The molecule has 1 aromatic carbocycles. The lowest BCUT2D eigenvalue weighted by atomic mass is 10.2. The van der Waals surface area contributed by atoms with Crippen LogP contribution < -0.4 is 19.9 Å². The molecule has 1 saturated heterocycles. The first-order chi connectivity index (χ1) is 14.1. The second-order valence-electron chi connectivity index (χ2n) is 7.06. The van der Waals surface area contributed by atoms with Crippen LogP contribution in [0.2, 0.25) is 0 Å². The van der Waals surface area contributed by atoms with Gasteiger partial charge in [0, 0.05) is 50.0 Å². The number of hydrogen-bond donors (Lipinski definition) is 1. The van der Waals surface area contributed by atoms with Crippen LogP contribution >= 0.6 is 11.8 Å². The number of anilines is 2. The standard InChI is InChI=1S/C21H29N5O2S/c1-4-16(2)24-20(27)14-29-21-13-19(22-15-23-21)26-10-8-25(9-11-26)17-6-5-7-18(12-17)28-3/h5-7,12-13,15-16H,4,8-11,14H2,1-3H3,(H,24,27)/t16-/m1/s1. The number of aromatic nitrogens is 2. The van der Waals surface area contributed by atoms with E-state index in [0.717, 1.165) is 49.2 Å². The molecule has 0 spiro atoms. The van der Waals surface area contributed by atoms with Crippen LogP contribution in [-0.2, 0) is 4.79 Å². The van der Waals surface area contributed by atoms with E-state index in [0.29, 0.717) is 5.75 Å². The van der Waals surface area contributed by atoms with Crippen LogP contribution in [0.3, 0.4) is 0 Å². The summed E-state index contributed by atoms with van der Waals surface area (Å²) in [6.07, 6.45) is 2.51. The van der Waals surface area contributed by atoms with E-state index in [9.17, 15) is 4.79 Å². The first-order valence-corrected chi connectivity index (χ1v) is 11.0. The van der Waals surface area contributed by atoms with Gasteiger partial charge in [-0.3, -0.25) is 4.79 Å². The minimum atomic E-state index is 0.0383. The van der Waals surface area contributed by atoms with Crippen LogP contribution in [0.25, 0.3) is 0 Å². The Bertz CT molecular complexity index is 811. The summed E-state index contributed by atoms with van der Waals surface area (Å²) in [5, 5.41) is 3.80. The van der Waals surface area contributed by atoms with Crippen LogP contribution in [0.5, 0.6) is 5.75 Å². The van der Waals surface area contributed by atoms with Crippen molar-refractivity contribution in [2.75, 3.05) is 48.8 Å². The smallest absolute Gasteiger partial charge is 0.230 e. The third-order valence-electron chi connectivity index (χ3n) is 5.02. The Morgan fingerprint density at radius 1 is 1.21 bits per heavy atom. The lowest BCUT2D eigenvalue weighted by Gasteiger charge is -2.36. The molecule has 3 rings (SSSR count). The summed E-state index contributed by atoms with van der Waals surface area (Å²) in [5.74, 6) is 2.19. The number of methoxy groups -OCH3 is 1. The van der Waals surface area contributed by atoms with Crippen molar-refractivity contribution in [1.82, 2.24) is 15.3 Å². The van der Waals surface area contributed by atoms with Crippen molar-refractivity contribution >= 4 is 29.2 Å². The topological polar surface area (TPSA) is 70.6 Å². The lowest BCUT2D eigenvalue weighted by Crippen LogP contribution is -2.46. The first-order valence-electron chi connectivity index (χ1n) is 9.97. The zero-order valence-electron chi connectivity index (χ0n) is 17.3. The molecule has 8 heteroatoms. The molecule has 0 radical (unpaired) electrons. The van der Waals surface area contributed by atoms with Crippen LogP contribution in [-0.4, -0.2) is 61.0 Å². The van der Waals surface area contributed by atoms with E-state index in [2.05, 4.69) is 44.1 Å². The van der Waals surface area contributed by atoms with Gasteiger partial charge in [0.1, 0.15) is 22.9 Å². The molecule has 0 unspecified atom stereocenters. The van der Waals surface area contributed by atoms with Gasteiger partial charge in [-0.1, -0.05) is 24.8 Å². The number of ether oxygens (including phenoxy) is 1. The third kappa shape index (κ3) is 6.00. The first kappa shape index (κ1) is 21.2. The Kier molecular flexibility index (Phi) is 7.57. The number of nitrogens with one attached hydrogen (secondary N) is 1. The number of nitrogens with zero attached hydrogens (tertiary/aromatic N) is 4. The lowest BCUT2D eigenvalue weighted by molar-refractivity contribution is -0.119. The van der Waals surface area contributed by atoms with Crippen LogP contribution in [0.4, 0.5) is 11.5 Å². The highest BCUT2D eigenvalue weighted by molar-refractivity contribution is 7.99. The van der Waals surface area contributed by atoms with Gasteiger partial charge in [0.15, 0.2) is 0 Å². The van der Waals surface area contributed by atoms with Crippen molar-refractivity contribution in [3.63, 3.8) is 0 Å². The summed E-state index contributed by atoms with van der Waals surface area (Å²) >= 11 is 1.45. The van der Waals surface area contributed by atoms with E-state index >= 15 is 0 Å². The molecule has 29 heavy (non-hydrogen) atoms. The van der Waals surface area contributed by atoms with Gasteiger partial charge in [0.2, 0.25) is 5.91 Å². The fraction of sp³-hybridized carbons (Fsp3) is 0.476. The van der Waals surface area contributed by atoms with Gasteiger partial charge in [0.25, 0.3) is 0 Å². The van der Waals surface area contributed by atoms with E-state index in [-0.39, 0.29) is 11.9 Å². The van der Waals surface area contributed by atoms with Crippen molar-refractivity contribution in [3.8, 4) is 5.75 Å². The highest BCUT2D eigenvalue weighted by atomic mass is 32.2. The Labute approximate surface area is 176 Å². The molecule has 2 aromatic rings. The van der Waals surface area contributed by atoms with E-state index in [1.807, 2.05) is 25.1 Å². The minimum absolute atomic E-state index is 0.0383. The monoisotopic (exact) mass is 415 g/mol. The number of carbonyl (C=O) groups excluding carboxylic acids is 1. The third-order valence-corrected chi connectivity index (χ3v) is 5.95. The zero-order valence-corrected chi connectivity index (χ0v) is 18.1. The van der Waals surface area contributed by atoms with Gasteiger partial charge in [-0.05, 0) is 25.5 Å². The van der Waals surface area contributed by atoms with Crippen molar-refractivity contribution in [2.24, 2.45) is 0 Å². The summed E-state index contributed by atoms with van der Waals surface area (Å²) in [5.41, 5.74) is 1.18. The molecular formula is C21H29N5O2S. The number of hydrogen-bond acceptors (Lipinski definition) is 7. The molecule has 156 valence electrons. The largest absolute Gasteiger partial charge is 0.497 e. The van der Waals surface area contributed by atoms with Gasteiger partial charge in [-0.25, -0.2) is 9.97 Å². The Morgan fingerprint density at radius 3 is 2.69 bits per heavy atom. The fourth-order valence-electron chi connectivity index (χ4n) is 3.14. The molecule has 1 atom stereocenters. The second-order valence-corrected chi connectivity index (χ2v) is 8.05. The van der Waals surface area contributed by atoms with Gasteiger partial charge in [-0.2, -0.15) is 0 Å². The van der Waals surface area contributed by atoms with Crippen molar-refractivity contribution in [1.29, 1.82) is 0 Å². The Morgan fingerprint density at radius 2 is 1.97 bits per heavy atom. The number of carbonyl (C=O) groups is 1. The molecule has 2 heterocycles. The van der Waals surface area contributed by atoms with Crippen LogP contribution in [0, 0.1) is 0 Å². The summed E-state index contributed by atoms with van der Waals surface area (Å²) in [6, 6.07) is 10.3. The maximum absolute atomic E-state index is 12.0. The number of amides is 1. The Balaban J connectivity index is 1.54. The molecule has 1 aliphatic rings. The maximum atomic E-state index is 12.0. The molecule has 0 saturated carbocycles. The fourth-order valence-corrected chi connectivity index (χ4v) is 3.81. The van der Waals surface area contributed by atoms with Gasteiger partial charge >= 0.3 is 0 Å². The molecule has 1 aromatic heterocycles. The predicted octanol–water partition coefficient (Wildman–Crippen LogP) is 2.82. The molecule has 1 amide bonds. The number of thioether (sulfide) groups is 1. The predicted molar refractivity (Wildman–Crippen MR) is 118 cm³/mol. The van der Waals surface area contributed by atoms with Crippen LogP contribution in [0.15, 0.2) is 41.7 Å². The quantitative estimate of drug-likeness (QED) is 0.525. The number of rotatable bonds is 8.